The highest BCUT2D eigenvalue weighted by atomic mass is 15.2. The summed E-state index contributed by atoms with van der Waals surface area (Å²) >= 11 is 0. The van der Waals surface area contributed by atoms with E-state index in [2.05, 4.69) is 47.2 Å². The van der Waals surface area contributed by atoms with Gasteiger partial charge in [-0.25, -0.2) is 0 Å². The summed E-state index contributed by atoms with van der Waals surface area (Å²) in [6, 6.07) is 10.6. The Labute approximate surface area is 117 Å². The number of hydrogen-bond donors (Lipinski definition) is 1. The Hall–Kier alpha value is -0.900. The lowest BCUT2D eigenvalue weighted by molar-refractivity contribution is 0.248. The molecule has 1 fully saturated rings. The fraction of sp³-hybridized carbons (Fsp3) is 0.625. The number of nitrogens with zero attached hydrogens (tertiary/aromatic N) is 2. The van der Waals surface area contributed by atoms with E-state index in [1.54, 1.807) is 0 Å². The van der Waals surface area contributed by atoms with E-state index >= 15 is 0 Å². The average molecular weight is 261 g/mol. The van der Waals surface area contributed by atoms with Crippen LogP contribution in [0.4, 0.5) is 0 Å². The fourth-order valence-electron chi connectivity index (χ4n) is 2.83. The maximum absolute atomic E-state index is 5.93. The van der Waals surface area contributed by atoms with Crippen molar-refractivity contribution < 1.29 is 0 Å². The Bertz CT molecular complexity index is 346. The maximum Gasteiger partial charge on any atom is 0.0109 e. The maximum atomic E-state index is 5.93. The molecule has 1 unspecified atom stereocenters. The molecule has 1 heterocycles. The van der Waals surface area contributed by atoms with Gasteiger partial charge in [0.05, 0.1) is 0 Å². The van der Waals surface area contributed by atoms with E-state index in [1.165, 1.54) is 38.0 Å². The molecule has 1 aliphatic rings. The minimum atomic E-state index is 0.449. The van der Waals surface area contributed by atoms with Crippen LogP contribution >= 0.6 is 0 Å². The number of likely N-dealkylation sites (N-methyl/N-ethyl adjacent to an activating group) is 1. The zero-order valence-corrected chi connectivity index (χ0v) is 12.1. The Morgan fingerprint density at radius 3 is 2.53 bits per heavy atom. The van der Waals surface area contributed by atoms with Crippen molar-refractivity contribution in [2.24, 2.45) is 5.73 Å². The van der Waals surface area contributed by atoms with E-state index < -0.39 is 0 Å². The van der Waals surface area contributed by atoms with Gasteiger partial charge in [-0.05, 0) is 38.5 Å². The summed E-state index contributed by atoms with van der Waals surface area (Å²) in [7, 11) is 2.21. The summed E-state index contributed by atoms with van der Waals surface area (Å²) in [6.07, 6.45) is 2.75. The molecule has 1 aromatic rings. The van der Waals surface area contributed by atoms with Gasteiger partial charge in [0.1, 0.15) is 0 Å². The van der Waals surface area contributed by atoms with Crippen LogP contribution in [-0.2, 0) is 0 Å². The van der Waals surface area contributed by atoms with Crippen molar-refractivity contribution in [1.82, 2.24) is 9.80 Å². The fourth-order valence-corrected chi connectivity index (χ4v) is 2.83. The van der Waals surface area contributed by atoms with Crippen molar-refractivity contribution in [3.63, 3.8) is 0 Å². The Kier molecular flexibility index (Phi) is 5.83. The van der Waals surface area contributed by atoms with E-state index in [0.717, 1.165) is 19.6 Å². The van der Waals surface area contributed by atoms with Gasteiger partial charge in [0.15, 0.2) is 0 Å². The van der Waals surface area contributed by atoms with Crippen molar-refractivity contribution in [2.45, 2.75) is 18.8 Å². The summed E-state index contributed by atoms with van der Waals surface area (Å²) in [5, 5.41) is 0. The topological polar surface area (TPSA) is 32.5 Å². The summed E-state index contributed by atoms with van der Waals surface area (Å²) in [6.45, 7) is 6.68. The highest BCUT2D eigenvalue weighted by Gasteiger charge is 2.15. The monoisotopic (exact) mass is 261 g/mol. The lowest BCUT2D eigenvalue weighted by atomic mass is 9.99. The first-order valence-corrected chi connectivity index (χ1v) is 7.45. The van der Waals surface area contributed by atoms with E-state index in [-0.39, 0.29) is 0 Å². The predicted octanol–water partition coefficient (Wildman–Crippen LogP) is 1.76. The second-order valence-corrected chi connectivity index (χ2v) is 5.65. The van der Waals surface area contributed by atoms with Crippen LogP contribution in [0.25, 0.3) is 0 Å². The molecule has 1 atom stereocenters. The van der Waals surface area contributed by atoms with Gasteiger partial charge in [0.2, 0.25) is 0 Å². The third kappa shape index (κ3) is 4.60. The summed E-state index contributed by atoms with van der Waals surface area (Å²) in [4.78, 5) is 4.99. The van der Waals surface area contributed by atoms with Crippen LogP contribution in [0.3, 0.4) is 0 Å². The van der Waals surface area contributed by atoms with Gasteiger partial charge in [-0.15, -0.1) is 0 Å². The molecule has 1 aliphatic heterocycles. The second-order valence-electron chi connectivity index (χ2n) is 5.65. The largest absolute Gasteiger partial charge is 0.330 e. The van der Waals surface area contributed by atoms with E-state index in [9.17, 15) is 0 Å². The molecular weight excluding hydrogens is 234 g/mol. The normalized spacial score (nSPS) is 18.1. The molecule has 0 bridgehead atoms. The van der Waals surface area contributed by atoms with Crippen LogP contribution in [0.5, 0.6) is 0 Å². The van der Waals surface area contributed by atoms with Gasteiger partial charge < -0.3 is 15.5 Å². The first-order valence-electron chi connectivity index (χ1n) is 7.45. The van der Waals surface area contributed by atoms with Crippen molar-refractivity contribution in [2.75, 3.05) is 46.3 Å². The van der Waals surface area contributed by atoms with Crippen molar-refractivity contribution in [3.8, 4) is 0 Å². The number of nitrogens with two attached hydrogens (primary N) is 1. The van der Waals surface area contributed by atoms with Gasteiger partial charge >= 0.3 is 0 Å². The zero-order valence-electron chi connectivity index (χ0n) is 12.1. The third-order valence-electron chi connectivity index (χ3n) is 4.08. The van der Waals surface area contributed by atoms with Gasteiger partial charge in [-0.1, -0.05) is 30.3 Å². The highest BCUT2D eigenvalue weighted by molar-refractivity contribution is 5.20. The van der Waals surface area contributed by atoms with Gasteiger partial charge in [-0.2, -0.15) is 0 Å². The Morgan fingerprint density at radius 2 is 1.89 bits per heavy atom. The van der Waals surface area contributed by atoms with Crippen molar-refractivity contribution in [3.05, 3.63) is 35.9 Å². The average Bonchev–Trinajstić information content (AvgIpc) is 2.97. The molecule has 0 amide bonds. The molecule has 3 nitrogen and oxygen atoms in total. The van der Waals surface area contributed by atoms with Gasteiger partial charge in [-0.3, -0.25) is 0 Å². The smallest absolute Gasteiger partial charge is 0.0109 e. The number of benzene rings is 1. The lowest BCUT2D eigenvalue weighted by Gasteiger charge is -2.25. The van der Waals surface area contributed by atoms with Gasteiger partial charge in [0, 0.05) is 32.1 Å². The molecule has 0 aliphatic carbocycles. The van der Waals surface area contributed by atoms with E-state index in [0.29, 0.717) is 5.92 Å². The van der Waals surface area contributed by atoms with Crippen LogP contribution in [0.15, 0.2) is 30.3 Å². The molecular formula is C16H27N3. The van der Waals surface area contributed by atoms with E-state index in [1.807, 2.05) is 0 Å². The molecule has 0 saturated carbocycles. The molecule has 3 heteroatoms. The predicted molar refractivity (Wildman–Crippen MR) is 81.4 cm³/mol. The third-order valence-corrected chi connectivity index (χ3v) is 4.08. The van der Waals surface area contributed by atoms with Gasteiger partial charge in [0.25, 0.3) is 0 Å². The Balaban J connectivity index is 1.77. The molecule has 1 aromatic carbocycles. The lowest BCUT2D eigenvalue weighted by Crippen LogP contribution is -2.35. The second kappa shape index (κ2) is 7.63. The number of hydrogen-bond acceptors (Lipinski definition) is 3. The van der Waals surface area contributed by atoms with Crippen LogP contribution in [-0.4, -0.2) is 56.1 Å². The standard InChI is InChI=1S/C16H27N3/c1-18(11-12-19-9-5-6-10-19)14-16(13-17)15-7-3-2-4-8-15/h2-4,7-8,16H,5-6,9-14,17H2,1H3. The minimum Gasteiger partial charge on any atom is -0.330 e. The number of rotatable bonds is 7. The SMILES string of the molecule is CN(CCN1CCCC1)CC(CN)c1ccccc1. The molecule has 2 rings (SSSR count). The Morgan fingerprint density at radius 1 is 1.21 bits per heavy atom. The van der Waals surface area contributed by atoms with Crippen LogP contribution in [0.2, 0.25) is 0 Å². The molecule has 106 valence electrons. The van der Waals surface area contributed by atoms with Crippen molar-refractivity contribution in [1.29, 1.82) is 0 Å². The van der Waals surface area contributed by atoms with E-state index in [4.69, 9.17) is 5.73 Å². The molecule has 19 heavy (non-hydrogen) atoms. The molecule has 1 saturated heterocycles. The first kappa shape index (κ1) is 14.5. The quantitative estimate of drug-likeness (QED) is 0.812. The molecule has 0 spiro atoms. The summed E-state index contributed by atoms with van der Waals surface area (Å²) in [5.74, 6) is 0.449. The molecule has 0 radical (unpaired) electrons. The van der Waals surface area contributed by atoms with Crippen molar-refractivity contribution >= 4 is 0 Å². The van der Waals surface area contributed by atoms with Crippen LogP contribution in [0, 0.1) is 0 Å². The van der Waals surface area contributed by atoms with Crippen LogP contribution in [0.1, 0.15) is 24.3 Å². The molecule has 0 aromatic heterocycles. The summed E-state index contributed by atoms with van der Waals surface area (Å²) in [5.41, 5.74) is 7.29. The number of likely N-dealkylation sites (tertiary alicyclic amines) is 1. The zero-order chi connectivity index (χ0) is 13.5. The first-order chi connectivity index (χ1) is 9.29. The summed E-state index contributed by atoms with van der Waals surface area (Å²) < 4.78 is 0. The molecule has 2 N–H and O–H groups in total. The minimum absolute atomic E-state index is 0.449. The van der Waals surface area contributed by atoms with Crippen LogP contribution < -0.4 is 5.73 Å². The highest BCUT2D eigenvalue weighted by Crippen LogP contribution is 2.15.